The topological polar surface area (TPSA) is 51.8 Å². The molecule has 46 heavy (non-hydrogen) atoms. The quantitative estimate of drug-likeness (QED) is 0.110. The van der Waals surface area contributed by atoms with Crippen LogP contribution in [0.15, 0.2) is 60.7 Å². The van der Waals surface area contributed by atoms with Gasteiger partial charge in [0, 0.05) is 30.6 Å². The fourth-order valence-electron chi connectivity index (χ4n) is 7.34. The van der Waals surface area contributed by atoms with Crippen LogP contribution in [0.4, 0.5) is 0 Å². The van der Waals surface area contributed by atoms with Gasteiger partial charge < -0.3 is 5.73 Å². The summed E-state index contributed by atoms with van der Waals surface area (Å²) in [6.07, 6.45) is 7.69. The molecule has 7 rings (SSSR count). The zero-order valence-electron chi connectivity index (χ0n) is 27.6. The Labute approximate surface area is 286 Å². The van der Waals surface area contributed by atoms with Crippen LogP contribution in [0.1, 0.15) is 60.1 Å². The molecule has 0 saturated heterocycles. The fourth-order valence-corrected chi connectivity index (χ4v) is 14.6. The Morgan fingerprint density at radius 3 is 1.89 bits per heavy atom. The Morgan fingerprint density at radius 1 is 0.630 bits per heavy atom. The molecule has 4 heterocycles. The number of rotatable bonds is 11. The number of thiophene rings is 2. The van der Waals surface area contributed by atoms with Gasteiger partial charge in [-0.1, -0.05) is 92.7 Å². The molecule has 3 nitrogen and oxygen atoms in total. The van der Waals surface area contributed by atoms with Crippen LogP contribution in [-0.4, -0.2) is 23.4 Å². The van der Waals surface area contributed by atoms with Crippen molar-refractivity contribution in [1.82, 2.24) is 8.75 Å². The van der Waals surface area contributed by atoms with Gasteiger partial charge in [-0.15, -0.1) is 22.7 Å². The number of hydrogen-bond acceptors (Lipinski definition) is 6. The van der Waals surface area contributed by atoms with Gasteiger partial charge in [-0.3, -0.25) is 0 Å². The van der Waals surface area contributed by atoms with Gasteiger partial charge in [0.1, 0.15) is 19.1 Å². The van der Waals surface area contributed by atoms with E-state index in [4.69, 9.17) is 14.5 Å². The molecule has 7 heteroatoms. The number of hydrogen-bond donors (Lipinski definition) is 1. The van der Waals surface area contributed by atoms with E-state index in [1.165, 1.54) is 114 Å². The number of aryl methyl sites for hydroxylation is 4. The van der Waals surface area contributed by atoms with Crippen LogP contribution in [0.5, 0.6) is 0 Å². The molecule has 1 aliphatic rings. The lowest BCUT2D eigenvalue weighted by Gasteiger charge is -2.26. The van der Waals surface area contributed by atoms with E-state index in [-0.39, 0.29) is 0 Å². The number of nitrogens with zero attached hydrogens (tertiary/aromatic N) is 2. The fraction of sp³-hybridized carbons (Fsp3) is 0.333. The minimum Gasteiger partial charge on any atom is -0.330 e. The molecule has 236 valence electrons. The van der Waals surface area contributed by atoms with Crippen molar-refractivity contribution in [3.05, 3.63) is 82.2 Å². The monoisotopic (exact) mass is 677 g/mol. The van der Waals surface area contributed by atoms with E-state index < -0.39 is 8.07 Å². The molecule has 6 aromatic rings. The van der Waals surface area contributed by atoms with Crippen molar-refractivity contribution < 1.29 is 0 Å². The second-order valence-electron chi connectivity index (χ2n) is 13.4. The van der Waals surface area contributed by atoms with E-state index in [1.54, 1.807) is 10.4 Å². The first kappa shape index (κ1) is 31.6. The zero-order valence-corrected chi connectivity index (χ0v) is 31.1. The lowest BCUT2D eigenvalue weighted by atomic mass is 10.0. The Balaban J connectivity index is 1.22. The number of fused-ring (bicyclic) bond motifs is 4. The van der Waals surface area contributed by atoms with Gasteiger partial charge in [-0.05, 0) is 97.0 Å². The maximum absolute atomic E-state index is 5.72. The first-order chi connectivity index (χ1) is 22.3. The summed E-state index contributed by atoms with van der Waals surface area (Å²) in [4.78, 5) is 5.27. The summed E-state index contributed by atoms with van der Waals surface area (Å²) >= 11 is 5.06. The van der Waals surface area contributed by atoms with Gasteiger partial charge in [-0.25, -0.2) is 0 Å². The molecular weight excluding hydrogens is 635 g/mol. The molecule has 0 radical (unpaired) electrons. The van der Waals surface area contributed by atoms with Crippen molar-refractivity contribution in [3.63, 3.8) is 0 Å². The lowest BCUT2D eigenvalue weighted by Crippen LogP contribution is -2.52. The largest absolute Gasteiger partial charge is 0.330 e. The first-order valence-corrected chi connectivity index (χ1v) is 21.8. The molecule has 0 bridgehead atoms. The van der Waals surface area contributed by atoms with E-state index >= 15 is 0 Å². The highest BCUT2D eigenvalue weighted by molar-refractivity contribution is 7.19. The third kappa shape index (κ3) is 5.64. The Morgan fingerprint density at radius 2 is 1.22 bits per heavy atom. The van der Waals surface area contributed by atoms with E-state index in [0.717, 1.165) is 24.0 Å². The molecule has 1 aliphatic heterocycles. The average molecular weight is 678 g/mol. The standard InChI is InChI=1S/C39H43N3S3Si/c1-24-12-14-29-30-15-13-28(23-36(30)46(5,35(29)20-24)19-11-9-7-6-8-10-18-40)39-26(3)22-34(44-39)32-17-16-31(37-38(32)42-45-41-37)33-21-25(2)27(4)43-33/h12-17,20-23H,6-11,18-19,40H2,1-5H3. The van der Waals surface area contributed by atoms with Gasteiger partial charge >= 0.3 is 0 Å². The summed E-state index contributed by atoms with van der Waals surface area (Å²) in [5, 5.41) is 3.26. The zero-order chi connectivity index (χ0) is 32.0. The van der Waals surface area contributed by atoms with Crippen LogP contribution >= 0.6 is 34.4 Å². The molecule has 0 amide bonds. The SMILES string of the molecule is Cc1ccc2c(c1)[Si](C)(CCCCCCCCN)c1cc(-c3sc(-c4ccc(-c5cc(C)c(C)s5)c5nsnc45)cc3C)ccc1-2. The van der Waals surface area contributed by atoms with Gasteiger partial charge in [-0.2, -0.15) is 8.75 Å². The van der Waals surface area contributed by atoms with Crippen LogP contribution < -0.4 is 16.1 Å². The van der Waals surface area contributed by atoms with E-state index in [9.17, 15) is 0 Å². The van der Waals surface area contributed by atoms with Crippen molar-refractivity contribution in [2.75, 3.05) is 6.54 Å². The maximum atomic E-state index is 5.72. The molecule has 3 aromatic carbocycles. The minimum atomic E-state index is -1.87. The number of nitrogens with two attached hydrogens (primary N) is 1. The predicted octanol–water partition coefficient (Wildman–Crippen LogP) is 10.5. The van der Waals surface area contributed by atoms with Crippen LogP contribution in [-0.2, 0) is 0 Å². The van der Waals surface area contributed by atoms with Crippen LogP contribution in [0.2, 0.25) is 12.6 Å². The Hall–Kier alpha value is -2.94. The number of unbranched alkanes of at least 4 members (excludes halogenated alkanes) is 5. The van der Waals surface area contributed by atoms with Crippen molar-refractivity contribution in [3.8, 4) is 42.4 Å². The Kier molecular flexibility index (Phi) is 8.89. The van der Waals surface area contributed by atoms with Gasteiger partial charge in [0.05, 0.1) is 11.7 Å². The summed E-state index contributed by atoms with van der Waals surface area (Å²) < 4.78 is 9.60. The molecule has 0 aliphatic carbocycles. The molecule has 0 spiro atoms. The molecule has 3 aromatic heterocycles. The highest BCUT2D eigenvalue weighted by atomic mass is 32.1. The summed E-state index contributed by atoms with van der Waals surface area (Å²) in [7, 11) is -1.87. The highest BCUT2D eigenvalue weighted by Gasteiger charge is 2.41. The number of aromatic nitrogens is 2. The molecule has 0 saturated carbocycles. The lowest BCUT2D eigenvalue weighted by molar-refractivity contribution is 0.610. The molecule has 1 atom stereocenters. The van der Waals surface area contributed by atoms with Gasteiger partial charge in [0.15, 0.2) is 0 Å². The minimum absolute atomic E-state index is 0.819. The van der Waals surface area contributed by atoms with Gasteiger partial charge in [0.2, 0.25) is 0 Å². The van der Waals surface area contributed by atoms with Crippen LogP contribution in [0.3, 0.4) is 0 Å². The molecular formula is C39H43N3S3Si. The van der Waals surface area contributed by atoms with Crippen LogP contribution in [0, 0.1) is 27.7 Å². The summed E-state index contributed by atoms with van der Waals surface area (Å²) in [5.41, 5.74) is 18.5. The summed E-state index contributed by atoms with van der Waals surface area (Å²) in [5.74, 6) is 0. The molecule has 0 fully saturated rings. The second-order valence-corrected chi connectivity index (χ2v) is 20.5. The van der Waals surface area contributed by atoms with Gasteiger partial charge in [0.25, 0.3) is 0 Å². The molecule has 1 unspecified atom stereocenters. The van der Waals surface area contributed by atoms with E-state index in [0.29, 0.717) is 0 Å². The second kappa shape index (κ2) is 12.9. The van der Waals surface area contributed by atoms with Crippen molar-refractivity contribution in [1.29, 1.82) is 0 Å². The summed E-state index contributed by atoms with van der Waals surface area (Å²) in [6.45, 7) is 12.4. The maximum Gasteiger partial charge on any atom is 0.116 e. The van der Waals surface area contributed by atoms with Crippen LogP contribution in [0.25, 0.3) is 53.5 Å². The third-order valence-electron chi connectivity index (χ3n) is 10.1. The Bertz CT molecular complexity index is 2030. The third-order valence-corrected chi connectivity index (χ3v) is 17.7. The first-order valence-electron chi connectivity index (χ1n) is 16.7. The average Bonchev–Trinajstić information content (AvgIpc) is 3.82. The highest BCUT2D eigenvalue weighted by Crippen LogP contribution is 2.44. The normalized spacial score (nSPS) is 15.5. The number of benzene rings is 3. The van der Waals surface area contributed by atoms with Crippen molar-refractivity contribution >= 4 is 63.9 Å². The van der Waals surface area contributed by atoms with E-state index in [1.807, 2.05) is 22.7 Å². The summed E-state index contributed by atoms with van der Waals surface area (Å²) in [6, 6.07) is 25.0. The van der Waals surface area contributed by atoms with Crippen molar-refractivity contribution in [2.24, 2.45) is 5.73 Å². The smallest absolute Gasteiger partial charge is 0.116 e. The van der Waals surface area contributed by atoms with E-state index in [2.05, 4.69) is 94.9 Å². The molecule has 2 N–H and O–H groups in total. The predicted molar refractivity (Wildman–Crippen MR) is 206 cm³/mol. The van der Waals surface area contributed by atoms with Crippen molar-refractivity contribution in [2.45, 2.75) is 78.8 Å².